The average Bonchev–Trinajstić information content (AvgIpc) is 2.88. The number of fused-ring (bicyclic) bond motifs is 1. The summed E-state index contributed by atoms with van der Waals surface area (Å²) in [5, 5.41) is 2.51. The Hall–Kier alpha value is -2.92. The van der Waals surface area contributed by atoms with Crippen LogP contribution in [0.3, 0.4) is 0 Å². The van der Waals surface area contributed by atoms with Crippen molar-refractivity contribution >= 4 is 22.5 Å². The first kappa shape index (κ1) is 21.9. The minimum Gasteiger partial charge on any atom is -0.354 e. The number of aromatic nitrogens is 1. The molecule has 1 atom stereocenters. The number of anilines is 1. The fourth-order valence-corrected chi connectivity index (χ4v) is 5.31. The van der Waals surface area contributed by atoms with Crippen LogP contribution in [0.5, 0.6) is 0 Å². The quantitative estimate of drug-likeness (QED) is 0.573. The van der Waals surface area contributed by atoms with Gasteiger partial charge in [-0.2, -0.15) is 0 Å². The van der Waals surface area contributed by atoms with Crippen molar-refractivity contribution in [3.8, 4) is 0 Å². The van der Waals surface area contributed by atoms with Crippen LogP contribution in [-0.2, 0) is 11.2 Å². The molecule has 1 amide bonds. The summed E-state index contributed by atoms with van der Waals surface area (Å²) in [6, 6.07) is 21.1. The van der Waals surface area contributed by atoms with Crippen molar-refractivity contribution in [1.82, 2.24) is 14.8 Å². The molecule has 1 aromatic heterocycles. The Bertz CT molecular complexity index is 1060. The van der Waals surface area contributed by atoms with Crippen LogP contribution in [0, 0.1) is 5.92 Å². The van der Waals surface area contributed by atoms with Gasteiger partial charge < -0.3 is 9.80 Å². The van der Waals surface area contributed by atoms with Crippen molar-refractivity contribution in [2.24, 2.45) is 5.92 Å². The van der Waals surface area contributed by atoms with Gasteiger partial charge in [-0.3, -0.25) is 9.69 Å². The average molecular weight is 443 g/mol. The van der Waals surface area contributed by atoms with Gasteiger partial charge in [-0.15, -0.1) is 0 Å². The summed E-state index contributed by atoms with van der Waals surface area (Å²) < 4.78 is 0. The van der Waals surface area contributed by atoms with Crippen LogP contribution in [0.15, 0.2) is 66.9 Å². The topological polar surface area (TPSA) is 39.7 Å². The maximum atomic E-state index is 13.0. The fourth-order valence-electron chi connectivity index (χ4n) is 5.31. The molecular weight excluding hydrogens is 408 g/mol. The summed E-state index contributed by atoms with van der Waals surface area (Å²) in [4.78, 5) is 24.5. The first-order valence-electron chi connectivity index (χ1n) is 12.4. The second-order valence-electron chi connectivity index (χ2n) is 9.51. The van der Waals surface area contributed by atoms with Crippen LogP contribution in [0.25, 0.3) is 10.8 Å². The van der Waals surface area contributed by atoms with E-state index in [0.717, 1.165) is 64.5 Å². The number of aryl methyl sites for hydroxylation is 1. The van der Waals surface area contributed by atoms with Crippen LogP contribution in [0.4, 0.5) is 5.82 Å². The lowest BCUT2D eigenvalue weighted by atomic mass is 9.96. The molecule has 0 saturated carbocycles. The van der Waals surface area contributed by atoms with Gasteiger partial charge in [0.2, 0.25) is 5.91 Å². The van der Waals surface area contributed by atoms with Gasteiger partial charge in [0.15, 0.2) is 0 Å². The number of amides is 1. The van der Waals surface area contributed by atoms with E-state index in [2.05, 4.69) is 74.3 Å². The third kappa shape index (κ3) is 5.53. The molecule has 2 aromatic carbocycles. The lowest BCUT2D eigenvalue weighted by Gasteiger charge is -2.39. The Morgan fingerprint density at radius 2 is 1.73 bits per heavy atom. The maximum Gasteiger partial charge on any atom is 0.222 e. The summed E-state index contributed by atoms with van der Waals surface area (Å²) in [6.07, 6.45) is 5.65. The fraction of sp³-hybridized carbons (Fsp3) is 0.429. The number of nitrogens with zero attached hydrogens (tertiary/aromatic N) is 4. The van der Waals surface area contributed by atoms with Crippen molar-refractivity contribution in [1.29, 1.82) is 0 Å². The molecule has 2 saturated heterocycles. The van der Waals surface area contributed by atoms with Crippen molar-refractivity contribution in [2.75, 3.05) is 50.7 Å². The van der Waals surface area contributed by atoms with Gasteiger partial charge in [0, 0.05) is 58.4 Å². The molecule has 0 spiro atoms. The number of hydrogen-bond acceptors (Lipinski definition) is 4. The van der Waals surface area contributed by atoms with E-state index >= 15 is 0 Å². The Morgan fingerprint density at radius 3 is 2.55 bits per heavy atom. The second-order valence-corrected chi connectivity index (χ2v) is 9.51. The number of carbonyl (C=O) groups excluding carboxylic acids is 1. The number of likely N-dealkylation sites (tertiary alicyclic amines) is 1. The molecule has 2 aliphatic heterocycles. The molecule has 0 radical (unpaired) electrons. The Kier molecular flexibility index (Phi) is 6.87. The molecule has 0 aliphatic carbocycles. The number of hydrogen-bond donors (Lipinski definition) is 0. The molecule has 2 aliphatic rings. The summed E-state index contributed by atoms with van der Waals surface area (Å²) in [5.74, 6) is 1.98. The summed E-state index contributed by atoms with van der Waals surface area (Å²) in [6.45, 7) is 7.13. The van der Waals surface area contributed by atoms with Crippen molar-refractivity contribution < 1.29 is 4.79 Å². The molecule has 0 unspecified atom stereocenters. The van der Waals surface area contributed by atoms with Gasteiger partial charge in [-0.05, 0) is 53.6 Å². The third-order valence-corrected chi connectivity index (χ3v) is 7.18. The predicted octanol–water partition coefficient (Wildman–Crippen LogP) is 4.23. The third-order valence-electron chi connectivity index (χ3n) is 7.18. The molecule has 3 heterocycles. The Balaban J connectivity index is 1.09. The molecule has 5 nitrogen and oxygen atoms in total. The monoisotopic (exact) mass is 442 g/mol. The molecule has 0 N–H and O–H groups in total. The van der Waals surface area contributed by atoms with E-state index < -0.39 is 0 Å². The lowest BCUT2D eigenvalue weighted by molar-refractivity contribution is -0.133. The van der Waals surface area contributed by atoms with Crippen molar-refractivity contribution in [3.63, 3.8) is 0 Å². The number of piperidine rings is 1. The molecule has 5 heteroatoms. The highest BCUT2D eigenvalue weighted by atomic mass is 16.2. The van der Waals surface area contributed by atoms with E-state index in [-0.39, 0.29) is 0 Å². The van der Waals surface area contributed by atoms with Crippen molar-refractivity contribution in [3.05, 3.63) is 72.4 Å². The molecule has 172 valence electrons. The van der Waals surface area contributed by atoms with Crippen LogP contribution in [0.1, 0.15) is 24.8 Å². The first-order chi connectivity index (χ1) is 16.2. The Labute approximate surface area is 197 Å². The highest BCUT2D eigenvalue weighted by molar-refractivity contribution is 5.83. The number of pyridine rings is 1. The predicted molar refractivity (Wildman–Crippen MR) is 134 cm³/mol. The van der Waals surface area contributed by atoms with Gasteiger partial charge in [0.1, 0.15) is 5.82 Å². The molecule has 0 bridgehead atoms. The van der Waals surface area contributed by atoms with Crippen molar-refractivity contribution in [2.45, 2.75) is 25.7 Å². The standard InChI is InChI=1S/C28H34N4O/c33-28(13-11-23-10-12-25-7-1-2-8-26(25)20-23)32-15-5-6-24(22-32)21-30-16-18-31(19-17-30)27-9-3-4-14-29-27/h1-4,7-10,12,14,20,24H,5-6,11,13,15-19,21-22H2/t24-/m1/s1. The zero-order valence-electron chi connectivity index (χ0n) is 19.4. The highest BCUT2D eigenvalue weighted by Crippen LogP contribution is 2.21. The minimum absolute atomic E-state index is 0.313. The van der Waals surface area contributed by atoms with Gasteiger partial charge in [-0.25, -0.2) is 4.98 Å². The molecule has 2 fully saturated rings. The molecule has 33 heavy (non-hydrogen) atoms. The normalized spacial score (nSPS) is 19.7. The minimum atomic E-state index is 0.313. The summed E-state index contributed by atoms with van der Waals surface area (Å²) >= 11 is 0. The highest BCUT2D eigenvalue weighted by Gasteiger charge is 2.26. The smallest absolute Gasteiger partial charge is 0.222 e. The number of benzene rings is 2. The van der Waals surface area contributed by atoms with E-state index in [1.807, 2.05) is 12.3 Å². The Morgan fingerprint density at radius 1 is 0.909 bits per heavy atom. The lowest BCUT2D eigenvalue weighted by Crippen LogP contribution is -2.50. The van der Waals surface area contributed by atoms with Gasteiger partial charge >= 0.3 is 0 Å². The molecule has 3 aromatic rings. The van der Waals surface area contributed by atoms with Gasteiger partial charge in [0.05, 0.1) is 0 Å². The van der Waals surface area contributed by atoms with Crippen LogP contribution in [-0.4, -0.2) is 66.5 Å². The first-order valence-corrected chi connectivity index (χ1v) is 12.4. The van der Waals surface area contributed by atoms with Gasteiger partial charge in [-0.1, -0.05) is 48.5 Å². The van der Waals surface area contributed by atoms with E-state index in [1.165, 1.54) is 22.8 Å². The summed E-state index contributed by atoms with van der Waals surface area (Å²) in [7, 11) is 0. The number of rotatable bonds is 6. The SMILES string of the molecule is O=C(CCc1ccc2ccccc2c1)N1CCC[C@H](CN2CCN(c3ccccn3)CC2)C1. The zero-order chi connectivity index (χ0) is 22.5. The zero-order valence-corrected chi connectivity index (χ0v) is 19.4. The van der Waals surface area contributed by atoms with E-state index in [1.54, 1.807) is 0 Å². The summed E-state index contributed by atoms with van der Waals surface area (Å²) in [5.41, 5.74) is 1.25. The van der Waals surface area contributed by atoms with Crippen LogP contribution < -0.4 is 4.90 Å². The number of carbonyl (C=O) groups is 1. The molecule has 5 rings (SSSR count). The largest absolute Gasteiger partial charge is 0.354 e. The van der Waals surface area contributed by atoms with E-state index in [9.17, 15) is 4.79 Å². The van der Waals surface area contributed by atoms with Crippen LogP contribution >= 0.6 is 0 Å². The van der Waals surface area contributed by atoms with E-state index in [0.29, 0.717) is 18.2 Å². The van der Waals surface area contributed by atoms with Gasteiger partial charge in [0.25, 0.3) is 0 Å². The van der Waals surface area contributed by atoms with Crippen LogP contribution in [0.2, 0.25) is 0 Å². The molecular formula is C28H34N4O. The number of piperazine rings is 1. The second kappa shape index (κ2) is 10.3. The van der Waals surface area contributed by atoms with E-state index in [4.69, 9.17) is 0 Å². The maximum absolute atomic E-state index is 13.0.